The molecule has 2 aromatic heterocycles. The van der Waals surface area contributed by atoms with Gasteiger partial charge in [-0.1, -0.05) is 47.5 Å². The van der Waals surface area contributed by atoms with Gasteiger partial charge in [0.1, 0.15) is 17.0 Å². The van der Waals surface area contributed by atoms with Gasteiger partial charge in [0, 0.05) is 23.2 Å². The minimum absolute atomic E-state index is 0.00885. The molecule has 0 saturated heterocycles. The number of ketones is 1. The lowest BCUT2D eigenvalue weighted by atomic mass is 10.1. The number of imidazole rings is 1. The quantitative estimate of drug-likeness (QED) is 0.417. The van der Waals surface area contributed by atoms with Crippen LogP contribution in [0.15, 0.2) is 66.9 Å². The summed E-state index contributed by atoms with van der Waals surface area (Å²) < 4.78 is 1.67. The number of amides is 2. The van der Waals surface area contributed by atoms with Gasteiger partial charge in [0.2, 0.25) is 5.91 Å². The van der Waals surface area contributed by atoms with E-state index in [4.69, 9.17) is 28.9 Å². The van der Waals surface area contributed by atoms with Crippen LogP contribution in [0, 0.1) is 0 Å². The van der Waals surface area contributed by atoms with Gasteiger partial charge in [0.25, 0.3) is 5.91 Å². The standard InChI is InChI=1S/C24H18Cl2N4O3/c25-16-7-5-15(6-8-16)21-22(30-10-2-1-3-20(30)29-21)24(33)28-13-17(31)11-14-4-9-19(26)18(12-14)23(27)32/h1-10,12H,11,13H2,(H2,27,32)(H,28,33). The van der Waals surface area contributed by atoms with Crippen LogP contribution in [-0.2, 0) is 11.2 Å². The van der Waals surface area contributed by atoms with Crippen molar-refractivity contribution in [3.05, 3.63) is 93.7 Å². The second-order valence-electron chi connectivity index (χ2n) is 7.32. The average molecular weight is 481 g/mol. The highest BCUT2D eigenvalue weighted by atomic mass is 35.5. The van der Waals surface area contributed by atoms with Crippen molar-refractivity contribution in [2.75, 3.05) is 6.54 Å². The molecule has 0 fully saturated rings. The fourth-order valence-electron chi connectivity index (χ4n) is 3.45. The largest absolute Gasteiger partial charge is 0.366 e. The summed E-state index contributed by atoms with van der Waals surface area (Å²) in [6, 6.07) is 17.0. The molecule has 0 radical (unpaired) electrons. The maximum Gasteiger partial charge on any atom is 0.270 e. The number of pyridine rings is 1. The van der Waals surface area contributed by atoms with E-state index in [1.54, 1.807) is 53.1 Å². The van der Waals surface area contributed by atoms with Gasteiger partial charge in [-0.2, -0.15) is 0 Å². The van der Waals surface area contributed by atoms with Gasteiger partial charge in [-0.25, -0.2) is 4.98 Å². The summed E-state index contributed by atoms with van der Waals surface area (Å²) in [7, 11) is 0. The number of fused-ring (bicyclic) bond motifs is 1. The van der Waals surface area contributed by atoms with Crippen molar-refractivity contribution < 1.29 is 14.4 Å². The Bertz CT molecular complexity index is 1380. The highest BCUT2D eigenvalue weighted by Crippen LogP contribution is 2.26. The molecule has 0 atom stereocenters. The number of primary amides is 1. The number of hydrogen-bond acceptors (Lipinski definition) is 4. The van der Waals surface area contributed by atoms with Crippen molar-refractivity contribution in [1.29, 1.82) is 0 Å². The number of hydrogen-bond donors (Lipinski definition) is 2. The lowest BCUT2D eigenvalue weighted by molar-refractivity contribution is -0.117. The third kappa shape index (κ3) is 4.89. The Kier molecular flexibility index (Phi) is 6.44. The van der Waals surface area contributed by atoms with Gasteiger partial charge in [-0.05, 0) is 42.0 Å². The lowest BCUT2D eigenvalue weighted by Crippen LogP contribution is -2.31. The first kappa shape index (κ1) is 22.5. The number of halogens is 2. The maximum atomic E-state index is 13.1. The highest BCUT2D eigenvalue weighted by Gasteiger charge is 2.21. The summed E-state index contributed by atoms with van der Waals surface area (Å²) in [4.78, 5) is 41.6. The van der Waals surface area contributed by atoms with E-state index in [1.165, 1.54) is 12.1 Å². The zero-order valence-corrected chi connectivity index (χ0v) is 18.7. The van der Waals surface area contributed by atoms with Gasteiger partial charge in [0.15, 0.2) is 5.78 Å². The topological polar surface area (TPSA) is 107 Å². The van der Waals surface area contributed by atoms with Crippen molar-refractivity contribution in [3.8, 4) is 11.3 Å². The fraction of sp³-hybridized carbons (Fsp3) is 0.0833. The summed E-state index contributed by atoms with van der Waals surface area (Å²) in [5.74, 6) is -1.37. The molecule has 0 bridgehead atoms. The Morgan fingerprint density at radius 2 is 1.76 bits per heavy atom. The smallest absolute Gasteiger partial charge is 0.270 e. The van der Waals surface area contributed by atoms with E-state index in [0.717, 1.165) is 5.56 Å². The summed E-state index contributed by atoms with van der Waals surface area (Å²) >= 11 is 11.9. The van der Waals surface area contributed by atoms with E-state index >= 15 is 0 Å². The summed E-state index contributed by atoms with van der Waals surface area (Å²) in [5.41, 5.74) is 8.12. The van der Waals surface area contributed by atoms with E-state index in [1.807, 2.05) is 6.07 Å². The van der Waals surface area contributed by atoms with Crippen LogP contribution in [0.25, 0.3) is 16.9 Å². The zero-order valence-electron chi connectivity index (χ0n) is 17.2. The Morgan fingerprint density at radius 1 is 1.00 bits per heavy atom. The first-order valence-electron chi connectivity index (χ1n) is 9.94. The average Bonchev–Trinajstić information content (AvgIpc) is 3.18. The molecule has 7 nitrogen and oxygen atoms in total. The van der Waals surface area contributed by atoms with E-state index < -0.39 is 11.8 Å². The number of carbonyl (C=O) groups is 3. The summed E-state index contributed by atoms with van der Waals surface area (Å²) in [6.45, 7) is -0.201. The van der Waals surface area contributed by atoms with Gasteiger partial charge in [-0.15, -0.1) is 0 Å². The molecule has 0 aliphatic carbocycles. The van der Waals surface area contributed by atoms with Crippen LogP contribution in [0.1, 0.15) is 26.4 Å². The molecule has 2 heterocycles. The first-order valence-corrected chi connectivity index (χ1v) is 10.7. The molecule has 0 saturated carbocycles. The van der Waals surface area contributed by atoms with Crippen LogP contribution in [-0.4, -0.2) is 33.5 Å². The predicted octanol–water partition coefficient (Wildman–Crippen LogP) is 3.95. The number of carbonyl (C=O) groups excluding carboxylic acids is 3. The monoisotopic (exact) mass is 480 g/mol. The molecule has 0 aliphatic rings. The first-order chi connectivity index (χ1) is 15.8. The maximum absolute atomic E-state index is 13.1. The van der Waals surface area contributed by atoms with Gasteiger partial charge >= 0.3 is 0 Å². The van der Waals surface area contributed by atoms with Crippen LogP contribution in [0.2, 0.25) is 10.0 Å². The van der Waals surface area contributed by atoms with Crippen molar-refractivity contribution in [2.45, 2.75) is 6.42 Å². The van der Waals surface area contributed by atoms with Crippen LogP contribution in [0.4, 0.5) is 0 Å². The number of Topliss-reactive ketones (excluding diaryl/α,β-unsaturated/α-hetero) is 1. The molecule has 33 heavy (non-hydrogen) atoms. The van der Waals surface area contributed by atoms with E-state index in [-0.39, 0.29) is 29.3 Å². The Balaban J connectivity index is 1.54. The third-order valence-electron chi connectivity index (χ3n) is 5.01. The molecule has 0 unspecified atom stereocenters. The number of aromatic nitrogens is 2. The van der Waals surface area contributed by atoms with Gasteiger partial charge < -0.3 is 11.1 Å². The summed E-state index contributed by atoms with van der Waals surface area (Å²) in [6.07, 6.45) is 1.74. The SMILES string of the molecule is NC(=O)c1cc(CC(=O)CNC(=O)c2c(-c3ccc(Cl)cc3)nc3ccccn23)ccc1Cl. The van der Waals surface area contributed by atoms with Crippen molar-refractivity contribution in [1.82, 2.24) is 14.7 Å². The molecule has 4 rings (SSSR count). The molecule has 166 valence electrons. The highest BCUT2D eigenvalue weighted by molar-refractivity contribution is 6.33. The Labute approximate surface area is 199 Å². The predicted molar refractivity (Wildman–Crippen MR) is 127 cm³/mol. The van der Waals surface area contributed by atoms with Crippen molar-refractivity contribution >= 4 is 46.4 Å². The normalized spacial score (nSPS) is 10.8. The van der Waals surface area contributed by atoms with Gasteiger partial charge in [-0.3, -0.25) is 18.8 Å². The molecule has 2 aromatic carbocycles. The number of nitrogens with two attached hydrogens (primary N) is 1. The summed E-state index contributed by atoms with van der Waals surface area (Å²) in [5, 5.41) is 3.46. The van der Waals surface area contributed by atoms with E-state index in [0.29, 0.717) is 27.6 Å². The molecule has 2 amide bonds. The number of rotatable bonds is 7. The Morgan fingerprint density at radius 3 is 2.48 bits per heavy atom. The third-order valence-corrected chi connectivity index (χ3v) is 5.59. The van der Waals surface area contributed by atoms with Crippen molar-refractivity contribution in [3.63, 3.8) is 0 Å². The minimum Gasteiger partial charge on any atom is -0.366 e. The number of nitrogens with one attached hydrogen (secondary N) is 1. The van der Waals surface area contributed by atoms with Gasteiger partial charge in [0.05, 0.1) is 17.1 Å². The lowest BCUT2D eigenvalue weighted by Gasteiger charge is -2.08. The van der Waals surface area contributed by atoms with Crippen LogP contribution >= 0.6 is 23.2 Å². The second-order valence-corrected chi connectivity index (χ2v) is 8.16. The molecular weight excluding hydrogens is 463 g/mol. The number of benzene rings is 2. The number of nitrogens with zero attached hydrogens (tertiary/aromatic N) is 2. The van der Waals surface area contributed by atoms with E-state index in [9.17, 15) is 14.4 Å². The molecule has 0 aliphatic heterocycles. The molecule has 0 spiro atoms. The van der Waals surface area contributed by atoms with E-state index in [2.05, 4.69) is 10.3 Å². The van der Waals surface area contributed by atoms with Crippen LogP contribution < -0.4 is 11.1 Å². The molecule has 4 aromatic rings. The zero-order chi connectivity index (χ0) is 23.5. The minimum atomic E-state index is -0.676. The fourth-order valence-corrected chi connectivity index (χ4v) is 3.78. The van der Waals surface area contributed by atoms with Crippen LogP contribution in [0.5, 0.6) is 0 Å². The molecule has 9 heteroatoms. The Hall–Kier alpha value is -3.68. The molecular formula is C24H18Cl2N4O3. The molecule has 3 N–H and O–H groups in total. The second kappa shape index (κ2) is 9.44. The van der Waals surface area contributed by atoms with Crippen LogP contribution in [0.3, 0.4) is 0 Å². The van der Waals surface area contributed by atoms with Crippen molar-refractivity contribution in [2.24, 2.45) is 5.73 Å².